The molecule has 2 aromatic heterocycles. The number of hydrogen-bond donors (Lipinski definition) is 1. The first-order valence-corrected chi connectivity index (χ1v) is 7.78. The van der Waals surface area contributed by atoms with Gasteiger partial charge in [-0.25, -0.2) is 0 Å². The second-order valence-corrected chi connectivity index (χ2v) is 5.29. The van der Waals surface area contributed by atoms with E-state index in [1.807, 2.05) is 37.3 Å². The Kier molecular flexibility index (Phi) is 4.69. The maximum Gasteiger partial charge on any atom is 0.265 e. The van der Waals surface area contributed by atoms with Crippen molar-refractivity contribution in [2.45, 2.75) is 20.3 Å². The summed E-state index contributed by atoms with van der Waals surface area (Å²) < 4.78 is 10.9. The molecule has 1 aromatic carbocycles. The lowest BCUT2D eigenvalue weighted by atomic mass is 10.1. The van der Waals surface area contributed by atoms with E-state index < -0.39 is 0 Å². The number of nitrogens with one attached hydrogen (secondary N) is 1. The molecule has 0 atom stereocenters. The summed E-state index contributed by atoms with van der Waals surface area (Å²) in [6.45, 7) is 4.21. The number of aromatic nitrogens is 3. The first-order valence-electron chi connectivity index (χ1n) is 7.78. The zero-order valence-corrected chi connectivity index (χ0v) is 13.6. The van der Waals surface area contributed by atoms with Crippen LogP contribution in [0.2, 0.25) is 0 Å². The van der Waals surface area contributed by atoms with Gasteiger partial charge in [0, 0.05) is 12.1 Å². The van der Waals surface area contributed by atoms with E-state index in [-0.39, 0.29) is 12.5 Å². The molecule has 7 nitrogen and oxygen atoms in total. The Balaban J connectivity index is 1.94. The summed E-state index contributed by atoms with van der Waals surface area (Å²) in [6, 6.07) is 9.55. The van der Waals surface area contributed by atoms with Crippen LogP contribution in [0.4, 0.5) is 0 Å². The van der Waals surface area contributed by atoms with Crippen LogP contribution >= 0.6 is 0 Å². The third kappa shape index (κ3) is 3.34. The highest BCUT2D eigenvalue weighted by Gasteiger charge is 2.19. The Hall–Kier alpha value is -2.96. The van der Waals surface area contributed by atoms with Gasteiger partial charge in [0.2, 0.25) is 5.88 Å². The Bertz CT molecular complexity index is 846. The van der Waals surface area contributed by atoms with Crippen molar-refractivity contribution in [3.8, 4) is 17.1 Å². The molecule has 24 heavy (non-hydrogen) atoms. The highest BCUT2D eigenvalue weighted by atomic mass is 16.5. The van der Waals surface area contributed by atoms with Gasteiger partial charge in [0.15, 0.2) is 6.61 Å². The van der Waals surface area contributed by atoms with E-state index in [1.54, 1.807) is 6.92 Å². The first-order chi connectivity index (χ1) is 11.7. The SMILES string of the molecule is CCCNC(=O)COc1nc(C)nc2onc(-c3ccccc3)c12. The standard InChI is InChI=1S/C17H18N4O3/c1-3-9-18-13(22)10-23-16-14-15(12-7-5-4-6-8-12)21-24-17(14)20-11(2)19-16/h4-8H,3,9-10H2,1-2H3,(H,18,22). The van der Waals surface area contributed by atoms with Crippen molar-refractivity contribution in [2.75, 3.05) is 13.2 Å². The Labute approximate surface area is 139 Å². The van der Waals surface area contributed by atoms with Gasteiger partial charge in [0.1, 0.15) is 16.9 Å². The number of benzene rings is 1. The average Bonchev–Trinajstić information content (AvgIpc) is 3.02. The number of carbonyl (C=O) groups is 1. The van der Waals surface area contributed by atoms with Crippen LogP contribution in [0.5, 0.6) is 5.88 Å². The zero-order chi connectivity index (χ0) is 16.9. The van der Waals surface area contributed by atoms with Gasteiger partial charge in [-0.15, -0.1) is 0 Å². The van der Waals surface area contributed by atoms with Gasteiger partial charge in [-0.1, -0.05) is 42.4 Å². The minimum absolute atomic E-state index is 0.120. The molecule has 1 amide bonds. The van der Waals surface area contributed by atoms with Gasteiger partial charge >= 0.3 is 0 Å². The summed E-state index contributed by atoms with van der Waals surface area (Å²) in [5.41, 5.74) is 1.80. The van der Waals surface area contributed by atoms with Crippen LogP contribution in [0.25, 0.3) is 22.4 Å². The van der Waals surface area contributed by atoms with Crippen molar-refractivity contribution in [1.29, 1.82) is 0 Å². The lowest BCUT2D eigenvalue weighted by molar-refractivity contribution is -0.123. The molecule has 0 fully saturated rings. The fourth-order valence-electron chi connectivity index (χ4n) is 2.27. The van der Waals surface area contributed by atoms with E-state index in [1.165, 1.54) is 0 Å². The minimum atomic E-state index is -0.195. The van der Waals surface area contributed by atoms with E-state index in [4.69, 9.17) is 9.26 Å². The maximum absolute atomic E-state index is 11.8. The molecule has 0 radical (unpaired) electrons. The van der Waals surface area contributed by atoms with Crippen LogP contribution in [0.3, 0.4) is 0 Å². The lowest BCUT2D eigenvalue weighted by Crippen LogP contribution is -2.29. The van der Waals surface area contributed by atoms with Crippen molar-refractivity contribution in [1.82, 2.24) is 20.4 Å². The number of aryl methyl sites for hydroxylation is 1. The molecule has 3 rings (SSSR count). The van der Waals surface area contributed by atoms with Crippen molar-refractivity contribution < 1.29 is 14.1 Å². The van der Waals surface area contributed by atoms with E-state index in [0.29, 0.717) is 35.0 Å². The van der Waals surface area contributed by atoms with Crippen LogP contribution in [0.1, 0.15) is 19.2 Å². The maximum atomic E-state index is 11.8. The average molecular weight is 326 g/mol. The van der Waals surface area contributed by atoms with Gasteiger partial charge in [0.05, 0.1) is 0 Å². The predicted octanol–water partition coefficient (Wildman–Crippen LogP) is 2.50. The number of nitrogens with zero attached hydrogens (tertiary/aromatic N) is 3. The van der Waals surface area contributed by atoms with E-state index in [9.17, 15) is 4.79 Å². The predicted molar refractivity (Wildman–Crippen MR) is 88.6 cm³/mol. The van der Waals surface area contributed by atoms with Gasteiger partial charge in [-0.05, 0) is 13.3 Å². The fourth-order valence-corrected chi connectivity index (χ4v) is 2.27. The van der Waals surface area contributed by atoms with Crippen molar-refractivity contribution in [2.24, 2.45) is 0 Å². The number of rotatable bonds is 6. The molecule has 0 saturated heterocycles. The summed E-state index contributed by atoms with van der Waals surface area (Å²) in [7, 11) is 0. The third-order valence-corrected chi connectivity index (χ3v) is 3.37. The second kappa shape index (κ2) is 7.08. The molecule has 2 heterocycles. The Morgan fingerprint density at radius 2 is 2.04 bits per heavy atom. The molecule has 0 aliphatic rings. The number of amides is 1. The Morgan fingerprint density at radius 1 is 1.25 bits per heavy atom. The number of ether oxygens (including phenoxy) is 1. The van der Waals surface area contributed by atoms with Crippen molar-refractivity contribution in [3.05, 3.63) is 36.2 Å². The minimum Gasteiger partial charge on any atom is -0.467 e. The molecular weight excluding hydrogens is 308 g/mol. The molecule has 0 unspecified atom stereocenters. The molecule has 1 N–H and O–H groups in total. The molecule has 3 aromatic rings. The molecule has 124 valence electrons. The van der Waals surface area contributed by atoms with E-state index in [2.05, 4.69) is 20.4 Å². The van der Waals surface area contributed by atoms with Crippen molar-refractivity contribution in [3.63, 3.8) is 0 Å². The molecule has 0 aliphatic carbocycles. The quantitative estimate of drug-likeness (QED) is 0.748. The molecule has 0 spiro atoms. The Morgan fingerprint density at radius 3 is 2.79 bits per heavy atom. The molecule has 0 bridgehead atoms. The van der Waals surface area contributed by atoms with Gasteiger partial charge in [-0.3, -0.25) is 4.79 Å². The highest BCUT2D eigenvalue weighted by Crippen LogP contribution is 2.32. The largest absolute Gasteiger partial charge is 0.467 e. The summed E-state index contributed by atoms with van der Waals surface area (Å²) in [6.07, 6.45) is 0.867. The summed E-state index contributed by atoms with van der Waals surface area (Å²) >= 11 is 0. The zero-order valence-electron chi connectivity index (χ0n) is 13.6. The van der Waals surface area contributed by atoms with Gasteiger partial charge in [0.25, 0.3) is 11.6 Å². The summed E-state index contributed by atoms with van der Waals surface area (Å²) in [4.78, 5) is 20.3. The normalized spacial score (nSPS) is 10.8. The van der Waals surface area contributed by atoms with Crippen LogP contribution in [0.15, 0.2) is 34.9 Å². The van der Waals surface area contributed by atoms with Crippen LogP contribution in [-0.4, -0.2) is 34.2 Å². The van der Waals surface area contributed by atoms with Gasteiger partial charge in [-0.2, -0.15) is 9.97 Å². The van der Waals surface area contributed by atoms with Gasteiger partial charge < -0.3 is 14.6 Å². The second-order valence-electron chi connectivity index (χ2n) is 5.29. The monoisotopic (exact) mass is 326 g/mol. The van der Waals surface area contributed by atoms with E-state index in [0.717, 1.165) is 12.0 Å². The molecule has 0 saturated carbocycles. The topological polar surface area (TPSA) is 90.1 Å². The lowest BCUT2D eigenvalue weighted by Gasteiger charge is -2.07. The molecule has 0 aliphatic heterocycles. The summed E-state index contributed by atoms with van der Waals surface area (Å²) in [5.74, 6) is 0.588. The van der Waals surface area contributed by atoms with E-state index >= 15 is 0 Å². The van der Waals surface area contributed by atoms with Crippen molar-refractivity contribution >= 4 is 17.0 Å². The molecule has 7 heteroatoms. The number of carbonyl (C=O) groups excluding carboxylic acids is 1. The summed E-state index contributed by atoms with van der Waals surface area (Å²) in [5, 5.41) is 7.41. The fraction of sp³-hybridized carbons (Fsp3) is 0.294. The van der Waals surface area contributed by atoms with Crippen LogP contribution in [0, 0.1) is 6.92 Å². The highest BCUT2D eigenvalue weighted by molar-refractivity contribution is 5.93. The smallest absolute Gasteiger partial charge is 0.265 e. The first kappa shape index (κ1) is 15.9. The number of hydrogen-bond acceptors (Lipinski definition) is 6. The molecular formula is C17H18N4O3. The third-order valence-electron chi connectivity index (χ3n) is 3.37. The van der Waals surface area contributed by atoms with Crippen LogP contribution in [-0.2, 0) is 4.79 Å². The van der Waals surface area contributed by atoms with Crippen LogP contribution < -0.4 is 10.1 Å². The number of fused-ring (bicyclic) bond motifs is 1.